The van der Waals surface area contributed by atoms with E-state index in [1.54, 1.807) is 0 Å². The Labute approximate surface area is 115 Å². The minimum Gasteiger partial charge on any atom is -0.367 e. The quantitative estimate of drug-likeness (QED) is 0.815. The number of ether oxygens (including phenoxy) is 1. The zero-order valence-corrected chi connectivity index (χ0v) is 11.7. The Morgan fingerprint density at radius 1 is 1.32 bits per heavy atom. The number of hydrogen-bond acceptors (Lipinski definition) is 2. The number of carbonyl (C=O) groups is 1. The summed E-state index contributed by atoms with van der Waals surface area (Å²) in [6.45, 7) is 3.76. The van der Waals surface area contributed by atoms with E-state index in [1.807, 2.05) is 35.2 Å². The van der Waals surface area contributed by atoms with Crippen LogP contribution in [-0.2, 0) is 16.1 Å². The van der Waals surface area contributed by atoms with Gasteiger partial charge in [-0.05, 0) is 31.2 Å². The van der Waals surface area contributed by atoms with Crippen LogP contribution in [0.1, 0.15) is 38.2 Å². The van der Waals surface area contributed by atoms with E-state index in [0.717, 1.165) is 31.4 Å². The lowest BCUT2D eigenvalue weighted by Crippen LogP contribution is -2.45. The van der Waals surface area contributed by atoms with Crippen LogP contribution in [-0.4, -0.2) is 30.0 Å². The minimum atomic E-state index is 0.141. The van der Waals surface area contributed by atoms with Crippen LogP contribution in [0.3, 0.4) is 0 Å². The normalized spacial score (nSPS) is 19.4. The molecule has 1 aliphatic heterocycles. The highest BCUT2D eigenvalue weighted by atomic mass is 16.5. The average Bonchev–Trinajstić information content (AvgIpc) is 2.48. The monoisotopic (exact) mass is 261 g/mol. The Morgan fingerprint density at radius 3 is 2.84 bits per heavy atom. The molecule has 1 aliphatic rings. The van der Waals surface area contributed by atoms with Crippen LogP contribution in [0, 0.1) is 0 Å². The second-order valence-electron chi connectivity index (χ2n) is 5.12. The Morgan fingerprint density at radius 2 is 2.11 bits per heavy atom. The van der Waals surface area contributed by atoms with E-state index in [4.69, 9.17) is 4.74 Å². The fraction of sp³-hybridized carbons (Fsp3) is 0.562. The zero-order valence-electron chi connectivity index (χ0n) is 11.7. The van der Waals surface area contributed by atoms with Crippen LogP contribution in [0.15, 0.2) is 30.3 Å². The maximum atomic E-state index is 12.2. The van der Waals surface area contributed by atoms with Crippen molar-refractivity contribution in [1.82, 2.24) is 4.90 Å². The third-order valence-electron chi connectivity index (χ3n) is 3.76. The van der Waals surface area contributed by atoms with Crippen molar-refractivity contribution < 1.29 is 9.53 Å². The predicted molar refractivity (Wildman–Crippen MR) is 75.7 cm³/mol. The van der Waals surface area contributed by atoms with E-state index in [9.17, 15) is 4.79 Å². The van der Waals surface area contributed by atoms with Crippen LogP contribution in [0.4, 0.5) is 0 Å². The number of piperidine rings is 1. The molecule has 1 saturated heterocycles. The Hall–Kier alpha value is -1.35. The number of hydrogen-bond donors (Lipinski definition) is 0. The fourth-order valence-electron chi connectivity index (χ4n) is 2.67. The van der Waals surface area contributed by atoms with Gasteiger partial charge in [-0.3, -0.25) is 4.79 Å². The molecule has 1 atom stereocenters. The third kappa shape index (κ3) is 4.06. The van der Waals surface area contributed by atoms with Crippen molar-refractivity contribution in [2.75, 3.05) is 13.2 Å². The second kappa shape index (κ2) is 7.29. The molecule has 2 rings (SSSR count). The van der Waals surface area contributed by atoms with Crippen molar-refractivity contribution >= 4 is 5.91 Å². The molecule has 104 valence electrons. The lowest BCUT2D eigenvalue weighted by molar-refractivity contribution is -0.140. The number of carbonyl (C=O) groups excluding carboxylic acids is 1. The molecule has 1 unspecified atom stereocenters. The molecule has 1 aromatic carbocycles. The second-order valence-corrected chi connectivity index (χ2v) is 5.12. The first-order valence-electron chi connectivity index (χ1n) is 7.22. The highest BCUT2D eigenvalue weighted by molar-refractivity contribution is 5.77. The first kappa shape index (κ1) is 14.1. The highest BCUT2D eigenvalue weighted by Gasteiger charge is 2.24. The summed E-state index contributed by atoms with van der Waals surface area (Å²) in [4.78, 5) is 14.2. The molecule has 1 aromatic rings. The molecule has 0 saturated carbocycles. The van der Waals surface area contributed by atoms with Gasteiger partial charge in [-0.25, -0.2) is 0 Å². The smallest absolute Gasteiger partial charge is 0.248 e. The van der Waals surface area contributed by atoms with E-state index in [2.05, 4.69) is 6.92 Å². The Balaban J connectivity index is 1.77. The predicted octanol–water partition coefficient (Wildman–Crippen LogP) is 2.99. The Kier molecular flexibility index (Phi) is 5.40. The molecule has 1 fully saturated rings. The number of amides is 1. The van der Waals surface area contributed by atoms with Crippen LogP contribution in [0.2, 0.25) is 0 Å². The molecule has 19 heavy (non-hydrogen) atoms. The molecule has 0 radical (unpaired) electrons. The van der Waals surface area contributed by atoms with Crippen molar-refractivity contribution in [3.63, 3.8) is 0 Å². The summed E-state index contributed by atoms with van der Waals surface area (Å²) in [6.07, 6.45) is 4.55. The molecule has 3 nitrogen and oxygen atoms in total. The van der Waals surface area contributed by atoms with E-state index < -0.39 is 0 Å². The van der Waals surface area contributed by atoms with Gasteiger partial charge in [0.2, 0.25) is 5.91 Å². The molecule has 0 aliphatic carbocycles. The molecule has 0 bridgehead atoms. The summed E-state index contributed by atoms with van der Waals surface area (Å²) in [5, 5.41) is 0. The highest BCUT2D eigenvalue weighted by Crippen LogP contribution is 2.19. The first-order valence-corrected chi connectivity index (χ1v) is 7.22. The van der Waals surface area contributed by atoms with E-state index in [-0.39, 0.29) is 12.5 Å². The molecular weight excluding hydrogens is 238 g/mol. The lowest BCUT2D eigenvalue weighted by Gasteiger charge is -2.35. The van der Waals surface area contributed by atoms with Gasteiger partial charge in [-0.1, -0.05) is 37.3 Å². The number of rotatable bonds is 5. The molecule has 0 aromatic heterocycles. The van der Waals surface area contributed by atoms with Crippen molar-refractivity contribution in [3.05, 3.63) is 35.9 Å². The molecular formula is C16H23NO2. The molecule has 0 N–H and O–H groups in total. The number of benzene rings is 1. The topological polar surface area (TPSA) is 29.5 Å². The van der Waals surface area contributed by atoms with E-state index >= 15 is 0 Å². The van der Waals surface area contributed by atoms with Gasteiger partial charge < -0.3 is 9.64 Å². The van der Waals surface area contributed by atoms with Crippen LogP contribution < -0.4 is 0 Å². The van der Waals surface area contributed by atoms with Crippen molar-refractivity contribution in [2.24, 2.45) is 0 Å². The van der Waals surface area contributed by atoms with Crippen LogP contribution in [0.5, 0.6) is 0 Å². The summed E-state index contributed by atoms with van der Waals surface area (Å²) < 4.78 is 5.54. The van der Waals surface area contributed by atoms with Gasteiger partial charge in [0.1, 0.15) is 6.61 Å². The summed E-state index contributed by atoms with van der Waals surface area (Å²) in [6, 6.07) is 10.4. The third-order valence-corrected chi connectivity index (χ3v) is 3.76. The standard InChI is InChI=1S/C16H23NO2/c1-2-15-10-6-7-11-17(15)16(18)13-19-12-14-8-4-3-5-9-14/h3-5,8-9,15H,2,6-7,10-13H2,1H3. The first-order chi connectivity index (χ1) is 9.31. The summed E-state index contributed by atoms with van der Waals surface area (Å²) in [7, 11) is 0. The van der Waals surface area contributed by atoms with Gasteiger partial charge in [0.15, 0.2) is 0 Å². The van der Waals surface area contributed by atoms with E-state index in [1.165, 1.54) is 6.42 Å². The fourth-order valence-corrected chi connectivity index (χ4v) is 2.67. The summed E-state index contributed by atoms with van der Waals surface area (Å²) in [5.41, 5.74) is 1.11. The van der Waals surface area contributed by atoms with Gasteiger partial charge in [0, 0.05) is 12.6 Å². The van der Waals surface area contributed by atoms with Gasteiger partial charge in [-0.2, -0.15) is 0 Å². The summed E-state index contributed by atoms with van der Waals surface area (Å²) >= 11 is 0. The SMILES string of the molecule is CCC1CCCCN1C(=O)COCc1ccccc1. The van der Waals surface area contributed by atoms with Gasteiger partial charge in [0.05, 0.1) is 6.61 Å². The van der Waals surface area contributed by atoms with Gasteiger partial charge in [0.25, 0.3) is 0 Å². The maximum absolute atomic E-state index is 12.2. The minimum absolute atomic E-state index is 0.141. The van der Waals surface area contributed by atoms with Crippen molar-refractivity contribution in [2.45, 2.75) is 45.3 Å². The van der Waals surface area contributed by atoms with Crippen molar-refractivity contribution in [3.8, 4) is 0 Å². The maximum Gasteiger partial charge on any atom is 0.248 e. The van der Waals surface area contributed by atoms with Gasteiger partial charge in [-0.15, -0.1) is 0 Å². The number of nitrogens with zero attached hydrogens (tertiary/aromatic N) is 1. The number of likely N-dealkylation sites (tertiary alicyclic amines) is 1. The molecule has 3 heteroatoms. The average molecular weight is 261 g/mol. The molecule has 0 spiro atoms. The van der Waals surface area contributed by atoms with Crippen LogP contribution in [0.25, 0.3) is 0 Å². The summed E-state index contributed by atoms with van der Waals surface area (Å²) in [5.74, 6) is 0.141. The van der Waals surface area contributed by atoms with E-state index in [0.29, 0.717) is 12.6 Å². The molecule has 1 heterocycles. The Bertz CT molecular complexity index is 391. The lowest BCUT2D eigenvalue weighted by atomic mass is 10.00. The van der Waals surface area contributed by atoms with Gasteiger partial charge >= 0.3 is 0 Å². The van der Waals surface area contributed by atoms with Crippen LogP contribution >= 0.6 is 0 Å². The zero-order chi connectivity index (χ0) is 13.5. The largest absolute Gasteiger partial charge is 0.367 e. The van der Waals surface area contributed by atoms with Crippen molar-refractivity contribution in [1.29, 1.82) is 0 Å². The molecule has 1 amide bonds.